The predicted octanol–water partition coefficient (Wildman–Crippen LogP) is 2.74. The fourth-order valence-electron chi connectivity index (χ4n) is 1.92. The van der Waals surface area contributed by atoms with Crippen LogP contribution in [0.5, 0.6) is 0 Å². The average molecular weight is 329 g/mol. The van der Waals surface area contributed by atoms with Gasteiger partial charge in [-0.2, -0.15) is 0 Å². The number of furan rings is 1. The van der Waals surface area contributed by atoms with Crippen LogP contribution in [0.2, 0.25) is 5.02 Å². The fraction of sp³-hybridized carbons (Fsp3) is 0.286. The summed E-state index contributed by atoms with van der Waals surface area (Å²) in [6.45, 7) is 3.70. The fourth-order valence-corrected chi connectivity index (χ4v) is 3.38. The topological polar surface area (TPSA) is 85.3 Å². The van der Waals surface area contributed by atoms with Crippen molar-refractivity contribution in [3.63, 3.8) is 0 Å². The van der Waals surface area contributed by atoms with E-state index in [0.717, 1.165) is 5.76 Å². The Labute approximate surface area is 129 Å². The smallest absolute Gasteiger partial charge is 0.241 e. The van der Waals surface area contributed by atoms with Gasteiger partial charge in [0, 0.05) is 11.6 Å². The van der Waals surface area contributed by atoms with Gasteiger partial charge in [0.05, 0.1) is 10.9 Å². The van der Waals surface area contributed by atoms with Crippen LogP contribution >= 0.6 is 11.6 Å². The lowest BCUT2D eigenvalue weighted by Gasteiger charge is -2.13. The summed E-state index contributed by atoms with van der Waals surface area (Å²) in [5, 5.41) is 0.450. The van der Waals surface area contributed by atoms with Gasteiger partial charge in [0.25, 0.3) is 0 Å². The Balaban J connectivity index is 2.26. The molecule has 7 heteroatoms. The molecule has 0 radical (unpaired) electrons. The van der Waals surface area contributed by atoms with Crippen LogP contribution in [0, 0.1) is 6.92 Å². The third-order valence-corrected chi connectivity index (χ3v) is 4.97. The van der Waals surface area contributed by atoms with E-state index in [4.69, 9.17) is 21.8 Å². The SMILES string of the molecule is Cc1ccc(C(C)NS(=O)(=O)c2ccc(Cl)c(CN)c2)o1. The second kappa shape index (κ2) is 6.19. The molecule has 0 saturated heterocycles. The monoisotopic (exact) mass is 328 g/mol. The largest absolute Gasteiger partial charge is 0.465 e. The van der Waals surface area contributed by atoms with E-state index in [9.17, 15) is 8.42 Å². The van der Waals surface area contributed by atoms with Crippen LogP contribution in [-0.4, -0.2) is 8.42 Å². The molecule has 1 aromatic heterocycles. The first kappa shape index (κ1) is 16.0. The van der Waals surface area contributed by atoms with Gasteiger partial charge in [0.2, 0.25) is 10.0 Å². The van der Waals surface area contributed by atoms with Crippen molar-refractivity contribution in [1.82, 2.24) is 4.72 Å². The highest BCUT2D eigenvalue weighted by atomic mass is 35.5. The van der Waals surface area contributed by atoms with Gasteiger partial charge in [-0.3, -0.25) is 0 Å². The summed E-state index contributed by atoms with van der Waals surface area (Å²) in [6, 6.07) is 7.51. The van der Waals surface area contributed by atoms with Crippen molar-refractivity contribution in [1.29, 1.82) is 0 Å². The zero-order chi connectivity index (χ0) is 15.6. The van der Waals surface area contributed by atoms with Crippen LogP contribution in [0.4, 0.5) is 0 Å². The standard InChI is InChI=1S/C14H17ClN2O3S/c1-9-3-6-14(20-9)10(2)17-21(18,19)12-4-5-13(15)11(7-12)8-16/h3-7,10,17H,8,16H2,1-2H3. The zero-order valence-electron chi connectivity index (χ0n) is 11.8. The lowest BCUT2D eigenvalue weighted by molar-refractivity contribution is 0.441. The summed E-state index contributed by atoms with van der Waals surface area (Å²) in [6.07, 6.45) is 0. The second-order valence-electron chi connectivity index (χ2n) is 4.75. The summed E-state index contributed by atoms with van der Waals surface area (Å²) in [4.78, 5) is 0.127. The predicted molar refractivity (Wildman–Crippen MR) is 81.5 cm³/mol. The summed E-state index contributed by atoms with van der Waals surface area (Å²) in [5.74, 6) is 1.29. The van der Waals surface area contributed by atoms with Gasteiger partial charge in [0.15, 0.2) is 0 Å². The van der Waals surface area contributed by atoms with E-state index in [1.807, 2.05) is 0 Å². The quantitative estimate of drug-likeness (QED) is 0.883. The van der Waals surface area contributed by atoms with Gasteiger partial charge >= 0.3 is 0 Å². The normalized spacial score (nSPS) is 13.3. The minimum atomic E-state index is -3.67. The minimum Gasteiger partial charge on any atom is -0.465 e. The average Bonchev–Trinajstić information content (AvgIpc) is 2.85. The highest BCUT2D eigenvalue weighted by Gasteiger charge is 2.21. The first-order valence-corrected chi connectivity index (χ1v) is 8.27. The molecule has 0 aliphatic heterocycles. The van der Waals surface area contributed by atoms with Crippen LogP contribution in [0.15, 0.2) is 39.6 Å². The lowest BCUT2D eigenvalue weighted by Crippen LogP contribution is -2.26. The summed E-state index contributed by atoms with van der Waals surface area (Å²) in [5.41, 5.74) is 6.13. The first-order valence-electron chi connectivity index (χ1n) is 6.40. The second-order valence-corrected chi connectivity index (χ2v) is 6.87. The number of nitrogens with one attached hydrogen (secondary N) is 1. The molecule has 0 spiro atoms. The number of benzene rings is 1. The third kappa shape index (κ3) is 3.65. The molecule has 21 heavy (non-hydrogen) atoms. The zero-order valence-corrected chi connectivity index (χ0v) is 13.3. The van der Waals surface area contributed by atoms with Gasteiger partial charge in [-0.1, -0.05) is 11.6 Å². The maximum Gasteiger partial charge on any atom is 0.241 e. The van der Waals surface area contributed by atoms with Crippen molar-refractivity contribution in [2.75, 3.05) is 0 Å². The Hall–Kier alpha value is -1.34. The Morgan fingerprint density at radius 2 is 2.05 bits per heavy atom. The summed E-state index contributed by atoms with van der Waals surface area (Å²) >= 11 is 5.94. The van der Waals surface area contributed by atoms with E-state index in [1.165, 1.54) is 18.2 Å². The molecule has 2 rings (SSSR count). The Morgan fingerprint density at radius 1 is 1.33 bits per heavy atom. The molecule has 2 aromatic rings. The Morgan fingerprint density at radius 3 is 2.62 bits per heavy atom. The molecule has 0 bridgehead atoms. The first-order chi connectivity index (χ1) is 9.83. The van der Waals surface area contributed by atoms with Gasteiger partial charge < -0.3 is 10.2 Å². The molecule has 1 heterocycles. The summed E-state index contributed by atoms with van der Waals surface area (Å²) in [7, 11) is -3.67. The molecule has 0 fully saturated rings. The molecular weight excluding hydrogens is 312 g/mol. The molecule has 1 atom stereocenters. The lowest BCUT2D eigenvalue weighted by atomic mass is 10.2. The van der Waals surface area contributed by atoms with Crippen molar-refractivity contribution in [2.24, 2.45) is 5.73 Å². The van der Waals surface area contributed by atoms with Gasteiger partial charge in [-0.05, 0) is 49.7 Å². The minimum absolute atomic E-state index is 0.127. The molecule has 5 nitrogen and oxygen atoms in total. The molecule has 0 aliphatic carbocycles. The van der Waals surface area contributed by atoms with Crippen molar-refractivity contribution in [3.8, 4) is 0 Å². The molecule has 3 N–H and O–H groups in total. The number of hydrogen-bond donors (Lipinski definition) is 2. The van der Waals surface area contributed by atoms with Crippen molar-refractivity contribution >= 4 is 21.6 Å². The van der Waals surface area contributed by atoms with Gasteiger partial charge in [0.1, 0.15) is 11.5 Å². The van der Waals surface area contributed by atoms with Crippen LogP contribution < -0.4 is 10.5 Å². The van der Waals surface area contributed by atoms with Crippen LogP contribution in [-0.2, 0) is 16.6 Å². The highest BCUT2D eigenvalue weighted by Crippen LogP contribution is 2.22. The summed E-state index contributed by atoms with van der Waals surface area (Å²) < 4.78 is 32.7. The van der Waals surface area contributed by atoms with Crippen LogP contribution in [0.3, 0.4) is 0 Å². The molecule has 1 unspecified atom stereocenters. The van der Waals surface area contributed by atoms with Crippen molar-refractivity contribution < 1.29 is 12.8 Å². The third-order valence-electron chi connectivity index (χ3n) is 3.07. The molecule has 0 saturated carbocycles. The number of nitrogens with two attached hydrogens (primary N) is 1. The number of halogens is 1. The Bertz CT molecular complexity index is 740. The maximum absolute atomic E-state index is 12.4. The van der Waals surface area contributed by atoms with E-state index in [1.54, 1.807) is 26.0 Å². The number of rotatable bonds is 5. The highest BCUT2D eigenvalue weighted by molar-refractivity contribution is 7.89. The molecule has 1 aromatic carbocycles. The van der Waals surface area contributed by atoms with Crippen LogP contribution in [0.1, 0.15) is 30.0 Å². The number of sulfonamides is 1. The molecule has 114 valence electrons. The van der Waals surface area contributed by atoms with Crippen molar-refractivity contribution in [3.05, 3.63) is 52.4 Å². The van der Waals surface area contributed by atoms with Crippen molar-refractivity contribution in [2.45, 2.75) is 31.3 Å². The molecule has 0 aliphatic rings. The molecular formula is C14H17ClN2O3S. The van der Waals surface area contributed by atoms with Gasteiger partial charge in [-0.15, -0.1) is 0 Å². The van der Waals surface area contributed by atoms with E-state index in [-0.39, 0.29) is 11.4 Å². The van der Waals surface area contributed by atoms with Gasteiger partial charge in [-0.25, -0.2) is 13.1 Å². The maximum atomic E-state index is 12.4. The van der Waals surface area contributed by atoms with E-state index in [2.05, 4.69) is 4.72 Å². The van der Waals surface area contributed by atoms with E-state index >= 15 is 0 Å². The van der Waals surface area contributed by atoms with E-state index in [0.29, 0.717) is 16.3 Å². The van der Waals surface area contributed by atoms with Crippen LogP contribution in [0.25, 0.3) is 0 Å². The number of hydrogen-bond acceptors (Lipinski definition) is 4. The Kier molecular flexibility index (Phi) is 4.73. The van der Waals surface area contributed by atoms with E-state index < -0.39 is 16.1 Å². The molecule has 0 amide bonds. The number of aryl methyl sites for hydroxylation is 1.